The smallest absolute Gasteiger partial charge is 0.241 e. The first-order valence-corrected chi connectivity index (χ1v) is 6.07. The largest absolute Gasteiger partial charge is 0.324 e. The Hall–Kier alpha value is -1.43. The summed E-state index contributed by atoms with van der Waals surface area (Å²) >= 11 is 0. The van der Waals surface area contributed by atoms with Crippen LogP contribution in [0.2, 0.25) is 0 Å². The van der Waals surface area contributed by atoms with Gasteiger partial charge < -0.3 is 10.6 Å². The van der Waals surface area contributed by atoms with Crippen LogP contribution in [0.4, 0.5) is 5.69 Å². The average molecular weight is 315 g/mol. The van der Waals surface area contributed by atoms with Gasteiger partial charge in [0, 0.05) is 24.0 Å². The summed E-state index contributed by atoms with van der Waals surface area (Å²) in [5.41, 5.74) is 1.61. The van der Waals surface area contributed by atoms with E-state index >= 15 is 0 Å². The predicted octanol–water partition coefficient (Wildman–Crippen LogP) is 2.16. The lowest BCUT2D eigenvalue weighted by Crippen LogP contribution is -2.35. The molecular weight excluding hydrogens is 299 g/mol. The molecule has 1 atom stereocenters. The van der Waals surface area contributed by atoms with Crippen LogP contribution in [-0.2, 0) is 4.79 Å². The normalized spacial score (nSPS) is 17.1. The third kappa shape index (κ3) is 3.36. The Morgan fingerprint density at radius 3 is 2.90 bits per heavy atom. The summed E-state index contributed by atoms with van der Waals surface area (Å²) in [6.45, 7) is 0.913. The lowest BCUT2D eigenvalue weighted by atomic mass is 10.2. The fourth-order valence-electron chi connectivity index (χ4n) is 2.23. The van der Waals surface area contributed by atoms with Crippen LogP contribution in [-0.4, -0.2) is 28.5 Å². The zero-order chi connectivity index (χ0) is 12.4. The number of aromatic nitrogens is 2. The molecule has 108 valence electrons. The second-order valence-electron chi connectivity index (χ2n) is 4.39. The molecule has 0 saturated carbocycles. The summed E-state index contributed by atoms with van der Waals surface area (Å²) in [6.07, 6.45) is 7.06. The van der Waals surface area contributed by atoms with Gasteiger partial charge in [-0.05, 0) is 31.5 Å². The molecule has 5 nitrogen and oxygen atoms in total. The van der Waals surface area contributed by atoms with Crippen molar-refractivity contribution in [1.82, 2.24) is 15.3 Å². The zero-order valence-corrected chi connectivity index (χ0v) is 12.3. The Kier molecular flexibility index (Phi) is 6.13. The van der Waals surface area contributed by atoms with E-state index in [0.29, 0.717) is 0 Å². The van der Waals surface area contributed by atoms with Gasteiger partial charge in [0.2, 0.25) is 5.91 Å². The van der Waals surface area contributed by atoms with E-state index in [-0.39, 0.29) is 36.8 Å². The van der Waals surface area contributed by atoms with E-state index in [1.807, 2.05) is 6.07 Å². The average Bonchev–Trinajstić information content (AvgIpc) is 2.93. The maximum atomic E-state index is 12.0. The van der Waals surface area contributed by atoms with E-state index in [0.717, 1.165) is 36.0 Å². The van der Waals surface area contributed by atoms with Gasteiger partial charge in [-0.25, -0.2) is 0 Å². The third-order valence-corrected chi connectivity index (χ3v) is 3.18. The Bertz CT molecular complexity index is 582. The molecule has 1 saturated heterocycles. The summed E-state index contributed by atoms with van der Waals surface area (Å²) in [6, 6.07) is 3.56. The van der Waals surface area contributed by atoms with Crippen molar-refractivity contribution in [2.45, 2.75) is 18.9 Å². The lowest BCUT2D eigenvalue weighted by Gasteiger charge is -2.12. The number of carbonyl (C=O) groups is 1. The molecule has 0 radical (unpaired) electrons. The zero-order valence-electron chi connectivity index (χ0n) is 10.7. The van der Waals surface area contributed by atoms with Gasteiger partial charge in [-0.3, -0.25) is 14.8 Å². The van der Waals surface area contributed by atoms with Crippen LogP contribution in [0.5, 0.6) is 0 Å². The minimum Gasteiger partial charge on any atom is -0.324 e. The molecule has 0 aliphatic carbocycles. The summed E-state index contributed by atoms with van der Waals surface area (Å²) in [7, 11) is 0. The molecule has 3 heterocycles. The molecule has 20 heavy (non-hydrogen) atoms. The molecule has 1 unspecified atom stereocenters. The number of halogens is 2. The number of hydrogen-bond acceptors (Lipinski definition) is 4. The summed E-state index contributed by atoms with van der Waals surface area (Å²) in [4.78, 5) is 20.4. The van der Waals surface area contributed by atoms with Gasteiger partial charge in [0.25, 0.3) is 0 Å². The Morgan fingerprint density at radius 1 is 1.30 bits per heavy atom. The Labute approximate surface area is 129 Å². The number of carbonyl (C=O) groups excluding carboxylic acids is 1. The predicted molar refractivity (Wildman–Crippen MR) is 83.7 cm³/mol. The van der Waals surface area contributed by atoms with Crippen LogP contribution in [0.15, 0.2) is 30.7 Å². The van der Waals surface area contributed by atoms with Crippen molar-refractivity contribution in [3.63, 3.8) is 0 Å². The molecule has 0 spiro atoms. The van der Waals surface area contributed by atoms with Crippen LogP contribution < -0.4 is 10.6 Å². The van der Waals surface area contributed by atoms with Crippen LogP contribution in [0.3, 0.4) is 0 Å². The second kappa shape index (κ2) is 7.38. The monoisotopic (exact) mass is 314 g/mol. The lowest BCUT2D eigenvalue weighted by molar-refractivity contribution is -0.117. The quantitative estimate of drug-likeness (QED) is 0.891. The molecular formula is C13H16Cl2N4O. The first-order valence-electron chi connectivity index (χ1n) is 6.07. The van der Waals surface area contributed by atoms with E-state index < -0.39 is 0 Å². The highest BCUT2D eigenvalue weighted by atomic mass is 35.5. The topological polar surface area (TPSA) is 66.9 Å². The molecule has 1 aliphatic rings. The standard InChI is InChI=1S/C13H14N4O.2ClH/c18-13(12-2-1-5-15-12)17-11-4-7-16-10-3-6-14-8-9(10)11;;/h3-4,6-8,12,15H,1-2,5H2,(H,16,17,18);2*1H. The fraction of sp³-hybridized carbons (Fsp3) is 0.308. The van der Waals surface area contributed by atoms with Gasteiger partial charge in [-0.1, -0.05) is 0 Å². The minimum absolute atomic E-state index is 0. The van der Waals surface area contributed by atoms with Crippen molar-refractivity contribution in [1.29, 1.82) is 0 Å². The molecule has 1 amide bonds. The van der Waals surface area contributed by atoms with Crippen molar-refractivity contribution in [2.24, 2.45) is 0 Å². The van der Waals surface area contributed by atoms with Gasteiger partial charge >= 0.3 is 0 Å². The number of nitrogens with one attached hydrogen (secondary N) is 2. The van der Waals surface area contributed by atoms with E-state index in [1.54, 1.807) is 24.7 Å². The molecule has 2 N–H and O–H groups in total. The van der Waals surface area contributed by atoms with Gasteiger partial charge in [0.05, 0.1) is 17.2 Å². The number of amides is 1. The van der Waals surface area contributed by atoms with Crippen LogP contribution in [0, 0.1) is 0 Å². The molecule has 7 heteroatoms. The minimum atomic E-state index is -0.0788. The van der Waals surface area contributed by atoms with Crippen molar-refractivity contribution in [2.75, 3.05) is 11.9 Å². The van der Waals surface area contributed by atoms with Crippen LogP contribution in [0.1, 0.15) is 12.8 Å². The Morgan fingerprint density at radius 2 is 2.15 bits per heavy atom. The van der Waals surface area contributed by atoms with Gasteiger partial charge in [-0.2, -0.15) is 0 Å². The molecule has 2 aromatic heterocycles. The number of rotatable bonds is 2. The third-order valence-electron chi connectivity index (χ3n) is 3.18. The van der Waals surface area contributed by atoms with E-state index in [2.05, 4.69) is 20.6 Å². The van der Waals surface area contributed by atoms with Crippen LogP contribution >= 0.6 is 24.8 Å². The first-order chi connectivity index (χ1) is 8.84. The number of hydrogen-bond donors (Lipinski definition) is 2. The Balaban J connectivity index is 0.000001000. The van der Waals surface area contributed by atoms with Crippen LogP contribution in [0.25, 0.3) is 10.9 Å². The van der Waals surface area contributed by atoms with E-state index in [9.17, 15) is 4.79 Å². The highest BCUT2D eigenvalue weighted by Gasteiger charge is 2.22. The number of fused-ring (bicyclic) bond motifs is 1. The molecule has 0 aromatic carbocycles. The fourth-order valence-corrected chi connectivity index (χ4v) is 2.23. The first kappa shape index (κ1) is 16.6. The van der Waals surface area contributed by atoms with E-state index in [1.165, 1.54) is 0 Å². The van der Waals surface area contributed by atoms with Crippen molar-refractivity contribution >= 4 is 47.3 Å². The number of anilines is 1. The maximum Gasteiger partial charge on any atom is 0.241 e. The van der Waals surface area contributed by atoms with Crippen molar-refractivity contribution in [3.05, 3.63) is 30.7 Å². The molecule has 0 bridgehead atoms. The maximum absolute atomic E-state index is 12.0. The van der Waals surface area contributed by atoms with Gasteiger partial charge in [0.1, 0.15) is 0 Å². The summed E-state index contributed by atoms with van der Waals surface area (Å²) in [5.74, 6) is 0.0175. The molecule has 3 rings (SSSR count). The van der Waals surface area contributed by atoms with Crippen molar-refractivity contribution in [3.8, 4) is 0 Å². The molecule has 1 aliphatic heterocycles. The highest BCUT2D eigenvalue weighted by molar-refractivity contribution is 6.02. The van der Waals surface area contributed by atoms with Crippen molar-refractivity contribution < 1.29 is 4.79 Å². The second-order valence-corrected chi connectivity index (χ2v) is 4.39. The van der Waals surface area contributed by atoms with Gasteiger partial charge in [0.15, 0.2) is 0 Å². The highest BCUT2D eigenvalue weighted by Crippen LogP contribution is 2.20. The summed E-state index contributed by atoms with van der Waals surface area (Å²) in [5, 5.41) is 6.99. The number of pyridine rings is 2. The SMILES string of the molecule is Cl.Cl.O=C(Nc1ccnc2ccncc12)C1CCCN1. The summed E-state index contributed by atoms with van der Waals surface area (Å²) < 4.78 is 0. The number of nitrogens with zero attached hydrogens (tertiary/aromatic N) is 2. The van der Waals surface area contributed by atoms with Gasteiger partial charge in [-0.15, -0.1) is 24.8 Å². The van der Waals surface area contributed by atoms with E-state index in [4.69, 9.17) is 0 Å². The molecule has 2 aromatic rings. The molecule has 1 fully saturated rings.